The molecule has 20 heavy (non-hydrogen) atoms. The molecule has 0 saturated heterocycles. The summed E-state index contributed by atoms with van der Waals surface area (Å²) in [5.41, 5.74) is 0.990. The van der Waals surface area contributed by atoms with E-state index in [1.807, 2.05) is 0 Å². The topological polar surface area (TPSA) is 74.2 Å². The van der Waals surface area contributed by atoms with Crippen molar-refractivity contribution in [2.75, 3.05) is 14.2 Å². The van der Waals surface area contributed by atoms with Crippen LogP contribution in [0.25, 0.3) is 11.3 Å². The Balaban J connectivity index is 2.51. The number of halogens is 1. The molecule has 2 aromatic heterocycles. The first kappa shape index (κ1) is 13.9. The maximum absolute atomic E-state index is 13.8. The standard InChI is InChI=1S/C13H12FN3O3/c1-7-12(16-6-10(17-7)13(18)20-3)8-4-11(19-2)15-5-9(8)14/h4-6H,1-3H3. The van der Waals surface area contributed by atoms with Gasteiger partial charge in [0.1, 0.15) is 0 Å². The van der Waals surface area contributed by atoms with Gasteiger partial charge in [0.25, 0.3) is 0 Å². The van der Waals surface area contributed by atoms with Crippen molar-refractivity contribution in [1.29, 1.82) is 0 Å². The molecule has 0 saturated carbocycles. The summed E-state index contributed by atoms with van der Waals surface area (Å²) in [6.45, 7) is 1.63. The van der Waals surface area contributed by atoms with Crippen LogP contribution in [0.15, 0.2) is 18.5 Å². The van der Waals surface area contributed by atoms with Gasteiger partial charge in [0, 0.05) is 11.6 Å². The average molecular weight is 277 g/mol. The number of pyridine rings is 1. The fraction of sp³-hybridized carbons (Fsp3) is 0.231. The fourth-order valence-electron chi connectivity index (χ4n) is 1.66. The number of carbonyl (C=O) groups excluding carboxylic acids is 1. The highest BCUT2D eigenvalue weighted by Crippen LogP contribution is 2.25. The van der Waals surface area contributed by atoms with Crippen molar-refractivity contribution < 1.29 is 18.7 Å². The molecule has 0 radical (unpaired) electrons. The number of aromatic nitrogens is 3. The third-order valence-electron chi connectivity index (χ3n) is 2.64. The predicted octanol–water partition coefficient (Wildman–Crippen LogP) is 1.78. The van der Waals surface area contributed by atoms with Crippen molar-refractivity contribution in [1.82, 2.24) is 15.0 Å². The second-order valence-electron chi connectivity index (χ2n) is 3.89. The number of esters is 1. The van der Waals surface area contributed by atoms with Crippen LogP contribution in [0.2, 0.25) is 0 Å². The number of methoxy groups -OCH3 is 2. The molecule has 0 aromatic carbocycles. The van der Waals surface area contributed by atoms with Gasteiger partial charge in [-0.3, -0.25) is 4.98 Å². The molecule has 0 atom stereocenters. The molecule has 0 amide bonds. The minimum atomic E-state index is -0.597. The average Bonchev–Trinajstić information content (AvgIpc) is 2.47. The zero-order chi connectivity index (χ0) is 14.7. The van der Waals surface area contributed by atoms with E-state index in [0.29, 0.717) is 11.4 Å². The van der Waals surface area contributed by atoms with Crippen LogP contribution in [0.5, 0.6) is 5.88 Å². The Kier molecular flexibility index (Phi) is 3.88. The molecule has 0 aliphatic rings. The fourth-order valence-corrected chi connectivity index (χ4v) is 1.66. The second-order valence-corrected chi connectivity index (χ2v) is 3.89. The van der Waals surface area contributed by atoms with Crippen LogP contribution >= 0.6 is 0 Å². The van der Waals surface area contributed by atoms with E-state index < -0.39 is 11.8 Å². The summed E-state index contributed by atoms with van der Waals surface area (Å²) >= 11 is 0. The molecule has 0 N–H and O–H groups in total. The summed E-state index contributed by atoms with van der Waals surface area (Å²) in [6.07, 6.45) is 2.28. The van der Waals surface area contributed by atoms with Crippen LogP contribution in [0.1, 0.15) is 16.2 Å². The molecule has 0 spiro atoms. The van der Waals surface area contributed by atoms with Crippen molar-refractivity contribution in [3.8, 4) is 17.1 Å². The van der Waals surface area contributed by atoms with E-state index >= 15 is 0 Å². The minimum absolute atomic E-state index is 0.0650. The lowest BCUT2D eigenvalue weighted by Crippen LogP contribution is -2.07. The van der Waals surface area contributed by atoms with Crippen molar-refractivity contribution in [3.05, 3.63) is 35.7 Å². The summed E-state index contributed by atoms with van der Waals surface area (Å²) in [4.78, 5) is 23.2. The highest BCUT2D eigenvalue weighted by atomic mass is 19.1. The van der Waals surface area contributed by atoms with Gasteiger partial charge in [0.05, 0.1) is 38.0 Å². The summed E-state index contributed by atoms with van der Waals surface area (Å²) in [5.74, 6) is -0.881. The molecule has 0 aliphatic heterocycles. The van der Waals surface area contributed by atoms with Gasteiger partial charge in [-0.15, -0.1) is 0 Å². The second kappa shape index (κ2) is 5.60. The number of hydrogen-bond acceptors (Lipinski definition) is 6. The van der Waals surface area contributed by atoms with Gasteiger partial charge in [-0.25, -0.2) is 19.2 Å². The van der Waals surface area contributed by atoms with Crippen LogP contribution in [0, 0.1) is 12.7 Å². The van der Waals surface area contributed by atoms with E-state index in [2.05, 4.69) is 19.7 Å². The van der Waals surface area contributed by atoms with E-state index in [-0.39, 0.29) is 17.1 Å². The number of rotatable bonds is 3. The number of carbonyl (C=O) groups is 1. The first-order valence-corrected chi connectivity index (χ1v) is 5.68. The Morgan fingerprint density at radius 1 is 1.25 bits per heavy atom. The summed E-state index contributed by atoms with van der Waals surface area (Å²) < 4.78 is 23.3. The van der Waals surface area contributed by atoms with E-state index in [1.165, 1.54) is 26.5 Å². The largest absolute Gasteiger partial charge is 0.481 e. The number of ether oxygens (including phenoxy) is 2. The predicted molar refractivity (Wildman–Crippen MR) is 67.8 cm³/mol. The lowest BCUT2D eigenvalue weighted by Gasteiger charge is -2.08. The molecule has 2 aromatic rings. The van der Waals surface area contributed by atoms with Crippen molar-refractivity contribution in [3.63, 3.8) is 0 Å². The molecule has 2 rings (SSSR count). The molecule has 104 valence electrons. The highest BCUT2D eigenvalue weighted by Gasteiger charge is 2.15. The summed E-state index contributed by atoms with van der Waals surface area (Å²) in [6, 6.07) is 1.42. The van der Waals surface area contributed by atoms with Crippen molar-refractivity contribution in [2.45, 2.75) is 6.92 Å². The van der Waals surface area contributed by atoms with Crippen LogP contribution in [0.4, 0.5) is 4.39 Å². The maximum atomic E-state index is 13.8. The van der Waals surface area contributed by atoms with Crippen LogP contribution in [0.3, 0.4) is 0 Å². The van der Waals surface area contributed by atoms with E-state index in [4.69, 9.17) is 4.74 Å². The van der Waals surface area contributed by atoms with Gasteiger partial charge in [0.2, 0.25) is 5.88 Å². The van der Waals surface area contributed by atoms with Gasteiger partial charge >= 0.3 is 5.97 Å². The molecular weight excluding hydrogens is 265 g/mol. The number of aryl methyl sites for hydroxylation is 1. The molecule has 6 nitrogen and oxygen atoms in total. The quantitative estimate of drug-likeness (QED) is 0.796. The van der Waals surface area contributed by atoms with Crippen molar-refractivity contribution >= 4 is 5.97 Å². The van der Waals surface area contributed by atoms with Gasteiger partial charge in [-0.2, -0.15) is 0 Å². The third-order valence-corrected chi connectivity index (χ3v) is 2.64. The van der Waals surface area contributed by atoms with Crippen molar-refractivity contribution in [2.24, 2.45) is 0 Å². The molecule has 7 heteroatoms. The zero-order valence-electron chi connectivity index (χ0n) is 11.2. The summed E-state index contributed by atoms with van der Waals surface area (Å²) in [7, 11) is 2.68. The van der Waals surface area contributed by atoms with Crippen LogP contribution < -0.4 is 4.74 Å². The molecule has 0 aliphatic carbocycles. The summed E-state index contributed by atoms with van der Waals surface area (Å²) in [5, 5.41) is 0. The number of nitrogens with zero attached hydrogens (tertiary/aromatic N) is 3. The van der Waals surface area contributed by atoms with Gasteiger partial charge < -0.3 is 9.47 Å². The highest BCUT2D eigenvalue weighted by molar-refractivity contribution is 5.87. The minimum Gasteiger partial charge on any atom is -0.481 e. The van der Waals surface area contributed by atoms with Gasteiger partial charge in [-0.1, -0.05) is 0 Å². The monoisotopic (exact) mass is 277 g/mol. The molecule has 0 bridgehead atoms. The first-order chi connectivity index (χ1) is 9.56. The van der Waals surface area contributed by atoms with Crippen LogP contribution in [-0.4, -0.2) is 35.1 Å². The molecule has 0 fully saturated rings. The molecular formula is C13H12FN3O3. The SMILES string of the molecule is COC(=O)c1cnc(-c2cc(OC)ncc2F)c(C)n1. The van der Waals surface area contributed by atoms with E-state index in [0.717, 1.165) is 6.20 Å². The third kappa shape index (κ3) is 2.56. The maximum Gasteiger partial charge on any atom is 0.358 e. The lowest BCUT2D eigenvalue weighted by molar-refractivity contribution is 0.0593. The Morgan fingerprint density at radius 2 is 2.00 bits per heavy atom. The number of hydrogen-bond donors (Lipinski definition) is 0. The Hall–Kier alpha value is -2.57. The smallest absolute Gasteiger partial charge is 0.358 e. The molecule has 2 heterocycles. The van der Waals surface area contributed by atoms with Gasteiger partial charge in [-0.05, 0) is 6.92 Å². The van der Waals surface area contributed by atoms with Gasteiger partial charge in [0.15, 0.2) is 11.5 Å². The zero-order valence-corrected chi connectivity index (χ0v) is 11.2. The molecule has 0 unspecified atom stereocenters. The van der Waals surface area contributed by atoms with Crippen LogP contribution in [-0.2, 0) is 4.74 Å². The van der Waals surface area contributed by atoms with E-state index in [9.17, 15) is 9.18 Å². The Bertz CT molecular complexity index is 661. The first-order valence-electron chi connectivity index (χ1n) is 5.68. The lowest BCUT2D eigenvalue weighted by atomic mass is 10.1. The van der Waals surface area contributed by atoms with E-state index in [1.54, 1.807) is 6.92 Å². The Morgan fingerprint density at radius 3 is 2.60 bits per heavy atom. The Labute approximate surface area is 114 Å². The normalized spacial score (nSPS) is 10.2.